The molecule has 0 saturated carbocycles. The Hall–Kier alpha value is -1.54. The molecule has 0 amide bonds. The van der Waals surface area contributed by atoms with Gasteiger partial charge in [0.15, 0.2) is 0 Å². The Labute approximate surface area is 102 Å². The molecule has 0 radical (unpaired) electrons. The molecule has 1 aromatic carbocycles. The molecule has 0 fully saturated rings. The minimum absolute atomic E-state index is 0.250. The van der Waals surface area contributed by atoms with Crippen molar-refractivity contribution in [3.05, 3.63) is 60.1 Å². The fourth-order valence-corrected chi connectivity index (χ4v) is 1.89. The maximum absolute atomic E-state index is 9.87. The van der Waals surface area contributed by atoms with Crippen LogP contribution in [0.25, 0.3) is 0 Å². The SMILES string of the molecule is OC(CCc1ccccc1)CCc1ccco1. The lowest BCUT2D eigenvalue weighted by molar-refractivity contribution is 0.153. The smallest absolute Gasteiger partial charge is 0.103 e. The summed E-state index contributed by atoms with van der Waals surface area (Å²) >= 11 is 0. The molecule has 1 N–H and O–H groups in total. The third-order valence-corrected chi connectivity index (χ3v) is 2.91. The van der Waals surface area contributed by atoms with Crippen LogP contribution in [0.1, 0.15) is 24.2 Å². The van der Waals surface area contributed by atoms with Gasteiger partial charge in [0, 0.05) is 6.42 Å². The standard InChI is InChI=1S/C15H18O2/c16-14(10-11-15-7-4-12-17-15)9-8-13-5-2-1-3-6-13/h1-7,12,14,16H,8-11H2. The van der Waals surface area contributed by atoms with Crippen LogP contribution in [0.15, 0.2) is 53.1 Å². The Morgan fingerprint density at radius 2 is 1.71 bits per heavy atom. The molecule has 2 heteroatoms. The van der Waals surface area contributed by atoms with Gasteiger partial charge in [0.05, 0.1) is 12.4 Å². The van der Waals surface area contributed by atoms with Gasteiger partial charge in [0.1, 0.15) is 5.76 Å². The summed E-state index contributed by atoms with van der Waals surface area (Å²) < 4.78 is 5.24. The third kappa shape index (κ3) is 4.08. The molecule has 0 bridgehead atoms. The average Bonchev–Trinajstić information content (AvgIpc) is 2.88. The van der Waals surface area contributed by atoms with Crippen molar-refractivity contribution >= 4 is 0 Å². The fourth-order valence-electron chi connectivity index (χ4n) is 1.89. The molecule has 0 saturated heterocycles. The number of hydrogen-bond acceptors (Lipinski definition) is 2. The predicted octanol–water partition coefficient (Wildman–Crippen LogP) is 3.21. The Balaban J connectivity index is 1.69. The van der Waals surface area contributed by atoms with E-state index >= 15 is 0 Å². The highest BCUT2D eigenvalue weighted by molar-refractivity contribution is 5.14. The molecule has 90 valence electrons. The summed E-state index contributed by atoms with van der Waals surface area (Å²) in [6.45, 7) is 0. The zero-order valence-electron chi connectivity index (χ0n) is 9.88. The summed E-state index contributed by atoms with van der Waals surface area (Å²) in [5.41, 5.74) is 1.28. The van der Waals surface area contributed by atoms with Gasteiger partial charge in [-0.1, -0.05) is 30.3 Å². The van der Waals surface area contributed by atoms with E-state index in [1.54, 1.807) is 6.26 Å². The summed E-state index contributed by atoms with van der Waals surface area (Å²) in [4.78, 5) is 0. The van der Waals surface area contributed by atoms with Crippen LogP contribution < -0.4 is 0 Å². The Kier molecular flexibility index (Phi) is 4.39. The highest BCUT2D eigenvalue weighted by atomic mass is 16.3. The summed E-state index contributed by atoms with van der Waals surface area (Å²) in [5.74, 6) is 0.948. The molecule has 0 aliphatic heterocycles. The second kappa shape index (κ2) is 6.26. The summed E-state index contributed by atoms with van der Waals surface area (Å²) in [6.07, 6.45) is 4.74. The van der Waals surface area contributed by atoms with E-state index in [4.69, 9.17) is 4.42 Å². The maximum Gasteiger partial charge on any atom is 0.103 e. The second-order valence-electron chi connectivity index (χ2n) is 4.30. The van der Waals surface area contributed by atoms with Gasteiger partial charge in [0.2, 0.25) is 0 Å². The van der Waals surface area contributed by atoms with Crippen molar-refractivity contribution in [1.29, 1.82) is 0 Å². The van der Waals surface area contributed by atoms with E-state index in [1.807, 2.05) is 30.3 Å². The summed E-state index contributed by atoms with van der Waals surface area (Å²) in [7, 11) is 0. The summed E-state index contributed by atoms with van der Waals surface area (Å²) in [6, 6.07) is 14.1. The molecule has 0 spiro atoms. The largest absolute Gasteiger partial charge is 0.469 e. The molecule has 1 atom stereocenters. The van der Waals surface area contributed by atoms with Crippen LogP contribution in [-0.4, -0.2) is 11.2 Å². The lowest BCUT2D eigenvalue weighted by atomic mass is 10.0. The minimum Gasteiger partial charge on any atom is -0.469 e. The number of aryl methyl sites for hydroxylation is 2. The number of hydrogen-bond donors (Lipinski definition) is 1. The van der Waals surface area contributed by atoms with Gasteiger partial charge >= 0.3 is 0 Å². The normalized spacial score (nSPS) is 12.5. The van der Waals surface area contributed by atoms with E-state index in [2.05, 4.69) is 12.1 Å². The highest BCUT2D eigenvalue weighted by Crippen LogP contribution is 2.11. The number of aliphatic hydroxyl groups is 1. The Morgan fingerprint density at radius 3 is 2.41 bits per heavy atom. The molecule has 2 nitrogen and oxygen atoms in total. The first-order valence-corrected chi connectivity index (χ1v) is 6.09. The number of aliphatic hydroxyl groups excluding tert-OH is 1. The molecule has 2 rings (SSSR count). The van der Waals surface area contributed by atoms with Gasteiger partial charge < -0.3 is 9.52 Å². The van der Waals surface area contributed by atoms with Gasteiger partial charge in [-0.2, -0.15) is 0 Å². The van der Waals surface area contributed by atoms with E-state index in [9.17, 15) is 5.11 Å². The van der Waals surface area contributed by atoms with E-state index in [-0.39, 0.29) is 6.10 Å². The van der Waals surface area contributed by atoms with Crippen molar-refractivity contribution in [2.45, 2.75) is 31.8 Å². The van der Waals surface area contributed by atoms with Gasteiger partial charge in [-0.15, -0.1) is 0 Å². The van der Waals surface area contributed by atoms with E-state index < -0.39 is 0 Å². The van der Waals surface area contributed by atoms with Crippen LogP contribution in [0.3, 0.4) is 0 Å². The molecular formula is C15H18O2. The lowest BCUT2D eigenvalue weighted by Crippen LogP contribution is -2.09. The number of benzene rings is 1. The van der Waals surface area contributed by atoms with Gasteiger partial charge in [-0.3, -0.25) is 0 Å². The molecule has 0 aliphatic rings. The first-order valence-electron chi connectivity index (χ1n) is 6.09. The van der Waals surface area contributed by atoms with Crippen LogP contribution in [0.5, 0.6) is 0 Å². The summed E-state index contributed by atoms with van der Waals surface area (Å²) in [5, 5.41) is 9.87. The first kappa shape index (κ1) is 11.9. The van der Waals surface area contributed by atoms with E-state index in [1.165, 1.54) is 5.56 Å². The molecule has 1 unspecified atom stereocenters. The van der Waals surface area contributed by atoms with Crippen molar-refractivity contribution in [1.82, 2.24) is 0 Å². The van der Waals surface area contributed by atoms with Crippen molar-refractivity contribution < 1.29 is 9.52 Å². The van der Waals surface area contributed by atoms with Crippen LogP contribution in [0.2, 0.25) is 0 Å². The molecule has 0 aliphatic carbocycles. The monoisotopic (exact) mass is 230 g/mol. The van der Waals surface area contributed by atoms with Crippen molar-refractivity contribution in [2.24, 2.45) is 0 Å². The zero-order valence-corrected chi connectivity index (χ0v) is 9.88. The average molecular weight is 230 g/mol. The van der Waals surface area contributed by atoms with Gasteiger partial charge in [-0.05, 0) is 37.0 Å². The van der Waals surface area contributed by atoms with E-state index in [0.717, 1.165) is 31.4 Å². The van der Waals surface area contributed by atoms with Crippen molar-refractivity contribution in [2.75, 3.05) is 0 Å². The Bertz CT molecular complexity index is 406. The molecule has 2 aromatic rings. The van der Waals surface area contributed by atoms with Crippen molar-refractivity contribution in [3.63, 3.8) is 0 Å². The van der Waals surface area contributed by atoms with Crippen LogP contribution in [-0.2, 0) is 12.8 Å². The second-order valence-corrected chi connectivity index (χ2v) is 4.30. The highest BCUT2D eigenvalue weighted by Gasteiger charge is 2.06. The van der Waals surface area contributed by atoms with Crippen LogP contribution in [0.4, 0.5) is 0 Å². The van der Waals surface area contributed by atoms with Gasteiger partial charge in [-0.25, -0.2) is 0 Å². The quantitative estimate of drug-likeness (QED) is 0.826. The molecule has 1 aromatic heterocycles. The predicted molar refractivity (Wildman–Crippen MR) is 67.8 cm³/mol. The maximum atomic E-state index is 9.87. The number of rotatable bonds is 6. The Morgan fingerprint density at radius 1 is 0.941 bits per heavy atom. The minimum atomic E-state index is -0.250. The van der Waals surface area contributed by atoms with Crippen molar-refractivity contribution in [3.8, 4) is 0 Å². The fraction of sp³-hybridized carbons (Fsp3) is 0.333. The zero-order chi connectivity index (χ0) is 11.9. The molecular weight excluding hydrogens is 212 g/mol. The molecule has 17 heavy (non-hydrogen) atoms. The molecule has 1 heterocycles. The van der Waals surface area contributed by atoms with Crippen LogP contribution >= 0.6 is 0 Å². The third-order valence-electron chi connectivity index (χ3n) is 2.91. The number of furan rings is 1. The lowest BCUT2D eigenvalue weighted by Gasteiger charge is -2.09. The van der Waals surface area contributed by atoms with Gasteiger partial charge in [0.25, 0.3) is 0 Å². The first-order chi connectivity index (χ1) is 8.34. The topological polar surface area (TPSA) is 33.4 Å². The van der Waals surface area contributed by atoms with Crippen LogP contribution in [0, 0.1) is 0 Å². The van der Waals surface area contributed by atoms with E-state index in [0.29, 0.717) is 0 Å².